The van der Waals surface area contributed by atoms with Crippen molar-refractivity contribution >= 4 is 0 Å². The third-order valence-electron chi connectivity index (χ3n) is 2.92. The number of aromatic hydroxyl groups is 1. The number of nitrogens with one attached hydrogen (secondary N) is 1. The molecule has 0 amide bonds. The van der Waals surface area contributed by atoms with Crippen LogP contribution < -0.4 is 5.32 Å². The number of hydrogen-bond acceptors (Lipinski definition) is 2. The molecular weight excluding hydrogens is 174 g/mol. The van der Waals surface area contributed by atoms with Gasteiger partial charge in [0.1, 0.15) is 5.75 Å². The number of rotatable bonds is 1. The predicted molar refractivity (Wildman–Crippen MR) is 57.6 cm³/mol. The van der Waals surface area contributed by atoms with Crippen LogP contribution in [0, 0.1) is 13.8 Å². The molecule has 2 rings (SSSR count). The van der Waals surface area contributed by atoms with Crippen molar-refractivity contribution in [2.24, 2.45) is 0 Å². The van der Waals surface area contributed by atoms with E-state index in [9.17, 15) is 5.11 Å². The Hall–Kier alpha value is -1.02. The van der Waals surface area contributed by atoms with Gasteiger partial charge in [0.25, 0.3) is 0 Å². The van der Waals surface area contributed by atoms with Crippen molar-refractivity contribution in [1.29, 1.82) is 0 Å². The molecular formula is C12H17NO. The Balaban J connectivity index is 2.40. The summed E-state index contributed by atoms with van der Waals surface area (Å²) in [4.78, 5) is 0. The molecule has 1 atom stereocenters. The Morgan fingerprint density at radius 3 is 2.71 bits per heavy atom. The second-order valence-electron chi connectivity index (χ2n) is 4.16. The van der Waals surface area contributed by atoms with E-state index in [2.05, 4.69) is 18.3 Å². The molecule has 0 unspecified atom stereocenters. The average Bonchev–Trinajstić information content (AvgIpc) is 2.54. The standard InChI is InChI=1S/C12H17NO/c1-8-6-9(2)12(11(14)7-8)10-4-3-5-13-10/h6-7,10,13-14H,3-5H2,1-2H3/t10-/m1/s1. The van der Waals surface area contributed by atoms with Gasteiger partial charge in [0.15, 0.2) is 0 Å². The maximum atomic E-state index is 9.89. The molecule has 0 saturated carbocycles. The van der Waals surface area contributed by atoms with E-state index in [1.54, 1.807) is 0 Å². The van der Waals surface area contributed by atoms with Crippen molar-refractivity contribution in [2.75, 3.05) is 6.54 Å². The third-order valence-corrected chi connectivity index (χ3v) is 2.92. The summed E-state index contributed by atoms with van der Waals surface area (Å²) in [5.74, 6) is 0.446. The average molecular weight is 191 g/mol. The zero-order chi connectivity index (χ0) is 10.1. The lowest BCUT2D eigenvalue weighted by atomic mass is 9.97. The molecule has 0 bridgehead atoms. The second kappa shape index (κ2) is 3.62. The predicted octanol–water partition coefficient (Wildman–Crippen LogP) is 2.43. The van der Waals surface area contributed by atoms with Crippen molar-refractivity contribution in [3.63, 3.8) is 0 Å². The maximum absolute atomic E-state index is 9.89. The second-order valence-corrected chi connectivity index (χ2v) is 4.16. The number of benzene rings is 1. The molecule has 1 aliphatic heterocycles. The fourth-order valence-electron chi connectivity index (χ4n) is 2.34. The number of phenolic OH excluding ortho intramolecular Hbond substituents is 1. The van der Waals surface area contributed by atoms with Crippen LogP contribution >= 0.6 is 0 Å². The summed E-state index contributed by atoms with van der Waals surface area (Å²) in [5.41, 5.74) is 3.41. The van der Waals surface area contributed by atoms with Crippen LogP contribution in [0.15, 0.2) is 12.1 Å². The van der Waals surface area contributed by atoms with Crippen LogP contribution in [-0.4, -0.2) is 11.7 Å². The van der Waals surface area contributed by atoms with Gasteiger partial charge in [-0.2, -0.15) is 0 Å². The maximum Gasteiger partial charge on any atom is 0.120 e. The first-order valence-corrected chi connectivity index (χ1v) is 5.22. The van der Waals surface area contributed by atoms with E-state index in [1.165, 1.54) is 12.0 Å². The lowest BCUT2D eigenvalue weighted by molar-refractivity contribution is 0.455. The minimum absolute atomic E-state index is 0.357. The fraction of sp³-hybridized carbons (Fsp3) is 0.500. The summed E-state index contributed by atoms with van der Waals surface area (Å²) in [5, 5.41) is 13.3. The highest BCUT2D eigenvalue weighted by atomic mass is 16.3. The number of hydrogen-bond donors (Lipinski definition) is 2. The lowest BCUT2D eigenvalue weighted by Crippen LogP contribution is -2.14. The molecule has 1 aliphatic rings. The van der Waals surface area contributed by atoms with Crippen LogP contribution in [0.3, 0.4) is 0 Å². The molecule has 1 saturated heterocycles. The van der Waals surface area contributed by atoms with Gasteiger partial charge in [-0.05, 0) is 50.4 Å². The molecule has 1 fully saturated rings. The highest BCUT2D eigenvalue weighted by Crippen LogP contribution is 2.33. The minimum atomic E-state index is 0.357. The Kier molecular flexibility index (Phi) is 2.46. The number of phenols is 1. The van der Waals surface area contributed by atoms with Gasteiger partial charge in [-0.25, -0.2) is 0 Å². The van der Waals surface area contributed by atoms with E-state index in [4.69, 9.17) is 0 Å². The first-order valence-electron chi connectivity index (χ1n) is 5.22. The topological polar surface area (TPSA) is 32.3 Å². The Labute approximate surface area is 85.0 Å². The van der Waals surface area contributed by atoms with Crippen LogP contribution in [0.1, 0.15) is 35.6 Å². The van der Waals surface area contributed by atoms with Gasteiger partial charge in [-0.15, -0.1) is 0 Å². The molecule has 0 spiro atoms. The summed E-state index contributed by atoms with van der Waals surface area (Å²) in [6.45, 7) is 5.15. The molecule has 1 heterocycles. The van der Waals surface area contributed by atoms with Gasteiger partial charge in [-0.1, -0.05) is 6.07 Å². The smallest absolute Gasteiger partial charge is 0.120 e. The zero-order valence-electron chi connectivity index (χ0n) is 8.80. The fourth-order valence-corrected chi connectivity index (χ4v) is 2.34. The highest BCUT2D eigenvalue weighted by Gasteiger charge is 2.21. The normalized spacial score (nSPS) is 21.4. The monoisotopic (exact) mass is 191 g/mol. The van der Waals surface area contributed by atoms with Crippen LogP contribution in [-0.2, 0) is 0 Å². The van der Waals surface area contributed by atoms with Crippen molar-refractivity contribution in [3.8, 4) is 5.75 Å². The van der Waals surface area contributed by atoms with Gasteiger partial charge in [0.2, 0.25) is 0 Å². The van der Waals surface area contributed by atoms with Gasteiger partial charge in [0, 0.05) is 11.6 Å². The van der Waals surface area contributed by atoms with Gasteiger partial charge in [0.05, 0.1) is 0 Å². The highest BCUT2D eigenvalue weighted by molar-refractivity contribution is 5.44. The zero-order valence-corrected chi connectivity index (χ0v) is 8.80. The van der Waals surface area contributed by atoms with Crippen molar-refractivity contribution in [2.45, 2.75) is 32.7 Å². The van der Waals surface area contributed by atoms with E-state index >= 15 is 0 Å². The van der Waals surface area contributed by atoms with E-state index < -0.39 is 0 Å². The summed E-state index contributed by atoms with van der Waals surface area (Å²) in [7, 11) is 0. The lowest BCUT2D eigenvalue weighted by Gasteiger charge is -2.16. The minimum Gasteiger partial charge on any atom is -0.508 e. The molecule has 0 aromatic heterocycles. The Morgan fingerprint density at radius 1 is 1.36 bits per heavy atom. The molecule has 76 valence electrons. The van der Waals surface area contributed by atoms with E-state index in [0.717, 1.165) is 24.1 Å². The summed E-state index contributed by atoms with van der Waals surface area (Å²) in [6.07, 6.45) is 2.34. The Bertz CT molecular complexity index is 317. The summed E-state index contributed by atoms with van der Waals surface area (Å²) < 4.78 is 0. The molecule has 1 aromatic rings. The van der Waals surface area contributed by atoms with Crippen molar-refractivity contribution in [3.05, 3.63) is 28.8 Å². The van der Waals surface area contributed by atoms with Gasteiger partial charge < -0.3 is 10.4 Å². The molecule has 2 nitrogen and oxygen atoms in total. The third kappa shape index (κ3) is 1.62. The van der Waals surface area contributed by atoms with Crippen LogP contribution in [0.5, 0.6) is 5.75 Å². The van der Waals surface area contributed by atoms with E-state index in [-0.39, 0.29) is 0 Å². The van der Waals surface area contributed by atoms with E-state index in [0.29, 0.717) is 11.8 Å². The Morgan fingerprint density at radius 2 is 2.14 bits per heavy atom. The van der Waals surface area contributed by atoms with Crippen LogP contribution in [0.2, 0.25) is 0 Å². The van der Waals surface area contributed by atoms with E-state index in [1.807, 2.05) is 13.0 Å². The first kappa shape index (κ1) is 9.53. The quantitative estimate of drug-likeness (QED) is 0.714. The largest absolute Gasteiger partial charge is 0.508 e. The first-order chi connectivity index (χ1) is 6.68. The van der Waals surface area contributed by atoms with Crippen molar-refractivity contribution < 1.29 is 5.11 Å². The van der Waals surface area contributed by atoms with Gasteiger partial charge in [-0.3, -0.25) is 0 Å². The molecule has 14 heavy (non-hydrogen) atoms. The van der Waals surface area contributed by atoms with Gasteiger partial charge >= 0.3 is 0 Å². The molecule has 0 aliphatic carbocycles. The van der Waals surface area contributed by atoms with Crippen LogP contribution in [0.25, 0.3) is 0 Å². The van der Waals surface area contributed by atoms with Crippen LogP contribution in [0.4, 0.5) is 0 Å². The SMILES string of the molecule is Cc1cc(C)c([C@H]2CCCN2)c(O)c1. The molecule has 2 N–H and O–H groups in total. The summed E-state index contributed by atoms with van der Waals surface area (Å²) >= 11 is 0. The molecule has 0 radical (unpaired) electrons. The molecule has 2 heteroatoms. The molecule has 1 aromatic carbocycles. The summed E-state index contributed by atoms with van der Waals surface area (Å²) in [6, 6.07) is 4.34. The number of aryl methyl sites for hydroxylation is 2. The van der Waals surface area contributed by atoms with Crippen molar-refractivity contribution in [1.82, 2.24) is 5.32 Å².